The van der Waals surface area contributed by atoms with E-state index in [4.69, 9.17) is 14.0 Å². The number of aromatic nitrogens is 1. The van der Waals surface area contributed by atoms with Gasteiger partial charge in [-0.2, -0.15) is 13.2 Å². The summed E-state index contributed by atoms with van der Waals surface area (Å²) in [6.45, 7) is 1.69. The maximum absolute atomic E-state index is 12.6. The minimum Gasteiger partial charge on any atom is -0.486 e. The summed E-state index contributed by atoms with van der Waals surface area (Å²) in [5, 5.41) is 3.49. The van der Waals surface area contributed by atoms with Crippen molar-refractivity contribution in [3.63, 3.8) is 0 Å². The van der Waals surface area contributed by atoms with Crippen molar-refractivity contribution in [2.75, 3.05) is 6.61 Å². The van der Waals surface area contributed by atoms with Gasteiger partial charge >= 0.3 is 12.1 Å². The van der Waals surface area contributed by atoms with Crippen LogP contribution in [0, 0.1) is 0 Å². The molecule has 0 aliphatic rings. The Kier molecular flexibility index (Phi) is 4.69. The van der Waals surface area contributed by atoms with Crippen molar-refractivity contribution in [2.24, 2.45) is 0 Å². The van der Waals surface area contributed by atoms with E-state index < -0.39 is 17.7 Å². The van der Waals surface area contributed by atoms with Crippen LogP contribution in [0.4, 0.5) is 13.2 Å². The van der Waals surface area contributed by atoms with Crippen LogP contribution in [0.1, 0.15) is 28.7 Å². The normalized spacial score (nSPS) is 11.3. The second kappa shape index (κ2) is 6.50. The number of carbonyl (C=O) groups excluding carboxylic acids is 1. The Balaban J connectivity index is 2.00. The molecule has 0 bridgehead atoms. The molecule has 2 rings (SSSR count). The first-order valence-corrected chi connectivity index (χ1v) is 6.33. The predicted octanol–water partition coefficient (Wildman–Crippen LogP) is 3.45. The maximum Gasteiger partial charge on any atom is 0.416 e. The zero-order valence-corrected chi connectivity index (χ0v) is 11.5. The average molecular weight is 315 g/mol. The number of nitrogens with zero attached hydrogens (tertiary/aromatic N) is 1. The standard InChI is InChI=1S/C14H12F3NO4/c1-2-20-13(19)12-7-11(22-18-12)8-21-10-5-3-4-9(6-10)14(15,16)17/h3-7H,2,8H2,1H3. The fourth-order valence-electron chi connectivity index (χ4n) is 1.60. The van der Waals surface area contributed by atoms with Crippen molar-refractivity contribution in [1.29, 1.82) is 0 Å². The van der Waals surface area contributed by atoms with Gasteiger partial charge in [-0.05, 0) is 25.1 Å². The van der Waals surface area contributed by atoms with Gasteiger partial charge in [0.2, 0.25) is 0 Å². The molecule has 1 heterocycles. The number of alkyl halides is 3. The summed E-state index contributed by atoms with van der Waals surface area (Å²) in [7, 11) is 0. The van der Waals surface area contributed by atoms with Gasteiger partial charge in [0.25, 0.3) is 0 Å². The third kappa shape index (κ3) is 4.00. The Morgan fingerprint density at radius 1 is 1.32 bits per heavy atom. The van der Waals surface area contributed by atoms with Crippen molar-refractivity contribution in [3.8, 4) is 5.75 Å². The highest BCUT2D eigenvalue weighted by Crippen LogP contribution is 2.31. The summed E-state index contributed by atoms with van der Waals surface area (Å²) in [6, 6.07) is 5.76. The molecule has 1 aromatic carbocycles. The second-order valence-electron chi connectivity index (χ2n) is 4.21. The fourth-order valence-corrected chi connectivity index (χ4v) is 1.60. The highest BCUT2D eigenvalue weighted by molar-refractivity contribution is 5.87. The van der Waals surface area contributed by atoms with Gasteiger partial charge in [-0.1, -0.05) is 11.2 Å². The first kappa shape index (κ1) is 15.9. The van der Waals surface area contributed by atoms with Gasteiger partial charge in [-0.25, -0.2) is 4.79 Å². The number of hydrogen-bond donors (Lipinski definition) is 0. The van der Waals surface area contributed by atoms with E-state index in [1.165, 1.54) is 18.2 Å². The third-order valence-electron chi connectivity index (χ3n) is 2.59. The summed E-state index contributed by atoms with van der Waals surface area (Å²) >= 11 is 0. The molecule has 0 saturated heterocycles. The first-order valence-electron chi connectivity index (χ1n) is 6.33. The van der Waals surface area contributed by atoms with E-state index in [1.54, 1.807) is 6.92 Å². The molecule has 0 aliphatic carbocycles. The largest absolute Gasteiger partial charge is 0.486 e. The van der Waals surface area contributed by atoms with Crippen molar-refractivity contribution in [1.82, 2.24) is 5.16 Å². The molecule has 0 saturated carbocycles. The highest BCUT2D eigenvalue weighted by atomic mass is 19.4. The van der Waals surface area contributed by atoms with Gasteiger partial charge in [0, 0.05) is 6.07 Å². The Morgan fingerprint density at radius 3 is 2.77 bits per heavy atom. The SMILES string of the molecule is CCOC(=O)c1cc(COc2cccc(C(F)(F)F)c2)on1. The topological polar surface area (TPSA) is 61.6 Å². The number of hydrogen-bond acceptors (Lipinski definition) is 5. The van der Waals surface area contributed by atoms with Crippen LogP contribution in [0.3, 0.4) is 0 Å². The number of rotatable bonds is 5. The quantitative estimate of drug-likeness (QED) is 0.791. The molecule has 0 spiro atoms. The average Bonchev–Trinajstić information content (AvgIpc) is 2.94. The molecule has 5 nitrogen and oxygen atoms in total. The van der Waals surface area contributed by atoms with Crippen molar-refractivity contribution < 1.29 is 32.0 Å². The van der Waals surface area contributed by atoms with E-state index in [1.807, 2.05) is 0 Å². The number of halogens is 3. The predicted molar refractivity (Wildman–Crippen MR) is 68.2 cm³/mol. The molecule has 2 aromatic rings. The summed E-state index contributed by atoms with van der Waals surface area (Å²) in [6.07, 6.45) is -4.44. The number of benzene rings is 1. The van der Waals surface area contributed by atoms with Crippen LogP contribution in [-0.2, 0) is 17.5 Å². The number of esters is 1. The van der Waals surface area contributed by atoms with Crippen molar-refractivity contribution in [2.45, 2.75) is 19.7 Å². The van der Waals surface area contributed by atoms with Crippen LogP contribution in [0.15, 0.2) is 34.9 Å². The molecule has 0 radical (unpaired) electrons. The number of carbonyl (C=O) groups is 1. The van der Waals surface area contributed by atoms with Crippen LogP contribution in [0.5, 0.6) is 5.75 Å². The van der Waals surface area contributed by atoms with Crippen LogP contribution in [0.25, 0.3) is 0 Å². The molecule has 0 N–H and O–H groups in total. The van der Waals surface area contributed by atoms with Gasteiger partial charge in [0.05, 0.1) is 12.2 Å². The summed E-state index contributed by atoms with van der Waals surface area (Å²) in [5.41, 5.74) is -0.834. The van der Waals surface area contributed by atoms with Crippen molar-refractivity contribution in [3.05, 3.63) is 47.3 Å². The summed E-state index contributed by atoms with van der Waals surface area (Å²) in [4.78, 5) is 11.4. The van der Waals surface area contributed by atoms with E-state index in [-0.39, 0.29) is 30.4 Å². The summed E-state index contributed by atoms with van der Waals surface area (Å²) < 4.78 is 52.5. The van der Waals surface area contributed by atoms with Gasteiger partial charge in [-0.3, -0.25) is 0 Å². The lowest BCUT2D eigenvalue weighted by atomic mass is 10.2. The lowest BCUT2D eigenvalue weighted by Crippen LogP contribution is -2.05. The third-order valence-corrected chi connectivity index (χ3v) is 2.59. The molecule has 1 aromatic heterocycles. The Labute approximate surface area is 123 Å². The minimum absolute atomic E-state index is 0.0236. The highest BCUT2D eigenvalue weighted by Gasteiger charge is 2.30. The second-order valence-corrected chi connectivity index (χ2v) is 4.21. The van der Waals surface area contributed by atoms with Crippen molar-refractivity contribution >= 4 is 5.97 Å². The monoisotopic (exact) mass is 315 g/mol. The molecular weight excluding hydrogens is 303 g/mol. The lowest BCUT2D eigenvalue weighted by Gasteiger charge is -2.09. The molecule has 118 valence electrons. The molecular formula is C14H12F3NO4. The Morgan fingerprint density at radius 2 is 2.09 bits per heavy atom. The molecule has 22 heavy (non-hydrogen) atoms. The first-order chi connectivity index (χ1) is 10.4. The van der Waals surface area contributed by atoms with E-state index >= 15 is 0 Å². The Hall–Kier alpha value is -2.51. The molecule has 0 atom stereocenters. The zero-order chi connectivity index (χ0) is 16.2. The van der Waals surface area contributed by atoms with Crippen LogP contribution in [-0.4, -0.2) is 17.7 Å². The smallest absolute Gasteiger partial charge is 0.416 e. The van der Waals surface area contributed by atoms with Gasteiger partial charge < -0.3 is 14.0 Å². The number of ether oxygens (including phenoxy) is 2. The molecule has 0 unspecified atom stereocenters. The van der Waals surface area contributed by atoms with E-state index in [9.17, 15) is 18.0 Å². The molecule has 0 amide bonds. The molecule has 0 aliphatic heterocycles. The van der Waals surface area contributed by atoms with Crippen LogP contribution < -0.4 is 4.74 Å². The van der Waals surface area contributed by atoms with Gasteiger partial charge in [-0.15, -0.1) is 0 Å². The van der Waals surface area contributed by atoms with Crippen LogP contribution >= 0.6 is 0 Å². The molecule has 8 heteroatoms. The maximum atomic E-state index is 12.6. The van der Waals surface area contributed by atoms with E-state index in [0.29, 0.717) is 0 Å². The lowest BCUT2D eigenvalue weighted by molar-refractivity contribution is -0.137. The Bertz CT molecular complexity index is 652. The zero-order valence-electron chi connectivity index (χ0n) is 11.5. The van der Waals surface area contributed by atoms with Gasteiger partial charge in [0.15, 0.2) is 11.5 Å². The minimum atomic E-state index is -4.44. The van der Waals surface area contributed by atoms with Gasteiger partial charge in [0.1, 0.15) is 12.4 Å². The fraction of sp³-hybridized carbons (Fsp3) is 0.286. The summed E-state index contributed by atoms with van der Waals surface area (Å²) in [5.74, 6) is -0.416. The van der Waals surface area contributed by atoms with E-state index in [0.717, 1.165) is 12.1 Å². The van der Waals surface area contributed by atoms with E-state index in [2.05, 4.69) is 5.16 Å². The van der Waals surface area contributed by atoms with Crippen LogP contribution in [0.2, 0.25) is 0 Å². The molecule has 0 fully saturated rings.